The van der Waals surface area contributed by atoms with Gasteiger partial charge >= 0.3 is 0 Å². The normalized spacial score (nSPS) is 33.3. The van der Waals surface area contributed by atoms with Crippen LogP contribution in [0.1, 0.15) is 26.2 Å². The minimum atomic E-state index is -3.11. The molecule has 126 valence electrons. The summed E-state index contributed by atoms with van der Waals surface area (Å²) in [5.74, 6) is 0.508. The fourth-order valence-electron chi connectivity index (χ4n) is 3.76. The van der Waals surface area contributed by atoms with Crippen molar-refractivity contribution in [2.24, 2.45) is 11.8 Å². The highest BCUT2D eigenvalue weighted by Crippen LogP contribution is 2.37. The molecule has 0 spiro atoms. The van der Waals surface area contributed by atoms with Gasteiger partial charge < -0.3 is 14.4 Å². The van der Waals surface area contributed by atoms with E-state index >= 15 is 0 Å². The van der Waals surface area contributed by atoms with Crippen LogP contribution in [0.4, 0.5) is 0 Å². The second-order valence-corrected chi connectivity index (χ2v) is 9.14. The van der Waals surface area contributed by atoms with Crippen LogP contribution in [0.3, 0.4) is 0 Å². The molecule has 1 amide bonds. The standard InChI is InChI=1S/C15H25NO5S/c1-10(9-22(2,18)19)16(12-3-4-12)15(17)14-13-5-6-20-7-11(13)8-21-14/h10-14H,3-9H2,1-2H3. The highest BCUT2D eigenvalue weighted by molar-refractivity contribution is 7.90. The van der Waals surface area contributed by atoms with Crippen molar-refractivity contribution in [2.75, 3.05) is 31.8 Å². The van der Waals surface area contributed by atoms with E-state index in [4.69, 9.17) is 9.47 Å². The molecule has 3 rings (SSSR count). The van der Waals surface area contributed by atoms with Gasteiger partial charge in [-0.3, -0.25) is 4.79 Å². The second-order valence-electron chi connectivity index (χ2n) is 6.96. The lowest BCUT2D eigenvalue weighted by atomic mass is 9.86. The van der Waals surface area contributed by atoms with Crippen molar-refractivity contribution in [3.8, 4) is 0 Å². The Morgan fingerprint density at radius 2 is 2.00 bits per heavy atom. The molecular formula is C15H25NO5S. The Morgan fingerprint density at radius 1 is 1.27 bits per heavy atom. The highest BCUT2D eigenvalue weighted by Gasteiger charge is 2.47. The molecule has 0 bridgehead atoms. The van der Waals surface area contributed by atoms with Crippen molar-refractivity contribution in [3.63, 3.8) is 0 Å². The lowest BCUT2D eigenvalue weighted by molar-refractivity contribution is -0.145. The minimum Gasteiger partial charge on any atom is -0.381 e. The molecule has 22 heavy (non-hydrogen) atoms. The molecule has 2 aliphatic heterocycles. The number of sulfone groups is 1. The van der Waals surface area contributed by atoms with E-state index in [9.17, 15) is 13.2 Å². The van der Waals surface area contributed by atoms with Crippen LogP contribution in [-0.2, 0) is 24.1 Å². The summed E-state index contributed by atoms with van der Waals surface area (Å²) in [6.45, 7) is 3.74. The number of hydrogen-bond acceptors (Lipinski definition) is 5. The van der Waals surface area contributed by atoms with Crippen molar-refractivity contribution in [1.82, 2.24) is 4.90 Å². The van der Waals surface area contributed by atoms with Crippen LogP contribution < -0.4 is 0 Å². The molecule has 0 aromatic heterocycles. The number of nitrogens with zero attached hydrogens (tertiary/aromatic N) is 1. The molecule has 0 aromatic rings. The van der Waals surface area contributed by atoms with E-state index < -0.39 is 15.9 Å². The van der Waals surface area contributed by atoms with Gasteiger partial charge in [-0.15, -0.1) is 0 Å². The van der Waals surface area contributed by atoms with Crippen LogP contribution in [0.2, 0.25) is 0 Å². The van der Waals surface area contributed by atoms with E-state index in [0.717, 1.165) is 19.3 Å². The Kier molecular flexibility index (Phi) is 4.49. The predicted octanol–water partition coefficient (Wildman–Crippen LogP) is 0.462. The molecule has 1 saturated carbocycles. The predicted molar refractivity (Wildman–Crippen MR) is 81.2 cm³/mol. The van der Waals surface area contributed by atoms with Gasteiger partial charge in [0.25, 0.3) is 5.91 Å². The summed E-state index contributed by atoms with van der Waals surface area (Å²) in [5.41, 5.74) is 0. The quantitative estimate of drug-likeness (QED) is 0.732. The number of carbonyl (C=O) groups is 1. The summed E-state index contributed by atoms with van der Waals surface area (Å²) in [6, 6.07) is -0.107. The zero-order valence-corrected chi connectivity index (χ0v) is 14.0. The van der Waals surface area contributed by atoms with Crippen molar-refractivity contribution >= 4 is 15.7 Å². The molecule has 0 aromatic carbocycles. The van der Waals surface area contributed by atoms with Crippen molar-refractivity contribution in [1.29, 1.82) is 0 Å². The topological polar surface area (TPSA) is 72.9 Å². The Bertz CT molecular complexity index is 530. The Hall–Kier alpha value is -0.660. The first-order valence-corrected chi connectivity index (χ1v) is 10.1. The van der Waals surface area contributed by atoms with Crippen LogP contribution in [0, 0.1) is 11.8 Å². The van der Waals surface area contributed by atoms with E-state index in [1.807, 2.05) is 6.92 Å². The van der Waals surface area contributed by atoms with Crippen molar-refractivity contribution in [2.45, 2.75) is 44.4 Å². The van der Waals surface area contributed by atoms with Gasteiger partial charge in [-0.25, -0.2) is 8.42 Å². The van der Waals surface area contributed by atoms with Gasteiger partial charge in [0.2, 0.25) is 0 Å². The molecule has 7 heteroatoms. The molecule has 0 radical (unpaired) electrons. The highest BCUT2D eigenvalue weighted by atomic mass is 32.2. The Morgan fingerprint density at radius 3 is 2.64 bits per heavy atom. The van der Waals surface area contributed by atoms with Crippen LogP contribution in [0.5, 0.6) is 0 Å². The lowest BCUT2D eigenvalue weighted by Crippen LogP contribution is -2.50. The molecule has 6 nitrogen and oxygen atoms in total. The second kappa shape index (κ2) is 6.09. The van der Waals surface area contributed by atoms with Gasteiger partial charge in [0.1, 0.15) is 15.9 Å². The van der Waals surface area contributed by atoms with Crippen LogP contribution in [0.25, 0.3) is 0 Å². The number of carbonyl (C=O) groups excluding carboxylic acids is 1. The summed E-state index contributed by atoms with van der Waals surface area (Å²) < 4.78 is 34.4. The zero-order chi connectivity index (χ0) is 15.9. The summed E-state index contributed by atoms with van der Waals surface area (Å²) >= 11 is 0. The van der Waals surface area contributed by atoms with Gasteiger partial charge in [-0.05, 0) is 26.2 Å². The van der Waals surface area contributed by atoms with E-state index in [1.165, 1.54) is 6.26 Å². The fraction of sp³-hybridized carbons (Fsp3) is 0.933. The average Bonchev–Trinajstić information content (AvgIpc) is 3.15. The molecule has 4 unspecified atom stereocenters. The molecule has 3 aliphatic rings. The van der Waals surface area contributed by atoms with Gasteiger partial charge in [0, 0.05) is 36.8 Å². The SMILES string of the molecule is CC(CS(C)(=O)=O)N(C(=O)C1OCC2COCCC21)C1CC1. The fourth-order valence-corrected chi connectivity index (χ4v) is 4.80. The third kappa shape index (κ3) is 3.46. The molecule has 0 N–H and O–H groups in total. The maximum absolute atomic E-state index is 13.0. The third-order valence-corrected chi connectivity index (χ3v) is 5.96. The molecular weight excluding hydrogens is 306 g/mol. The van der Waals surface area contributed by atoms with Crippen LogP contribution in [-0.4, -0.2) is 69.2 Å². The van der Waals surface area contributed by atoms with Crippen molar-refractivity contribution < 1.29 is 22.7 Å². The zero-order valence-electron chi connectivity index (χ0n) is 13.2. The van der Waals surface area contributed by atoms with Crippen molar-refractivity contribution in [3.05, 3.63) is 0 Å². The Balaban J connectivity index is 1.73. The first-order valence-electron chi connectivity index (χ1n) is 8.06. The Labute approximate surface area is 132 Å². The number of hydrogen-bond donors (Lipinski definition) is 0. The molecule has 4 atom stereocenters. The summed E-state index contributed by atoms with van der Waals surface area (Å²) in [4.78, 5) is 14.8. The third-order valence-electron chi connectivity index (χ3n) is 4.87. The molecule has 1 aliphatic carbocycles. The van der Waals surface area contributed by atoms with E-state index in [0.29, 0.717) is 25.7 Å². The molecule has 2 saturated heterocycles. The van der Waals surface area contributed by atoms with E-state index in [-0.39, 0.29) is 29.7 Å². The summed E-state index contributed by atoms with van der Waals surface area (Å²) in [5, 5.41) is 0. The van der Waals surface area contributed by atoms with Crippen LogP contribution >= 0.6 is 0 Å². The largest absolute Gasteiger partial charge is 0.381 e. The maximum atomic E-state index is 13.0. The smallest absolute Gasteiger partial charge is 0.252 e. The number of rotatable bonds is 5. The first kappa shape index (κ1) is 16.2. The molecule has 3 fully saturated rings. The lowest BCUT2D eigenvalue weighted by Gasteiger charge is -2.34. The summed E-state index contributed by atoms with van der Waals surface area (Å²) in [7, 11) is -3.11. The number of amides is 1. The first-order chi connectivity index (χ1) is 10.4. The van der Waals surface area contributed by atoms with Gasteiger partial charge in [-0.1, -0.05) is 0 Å². The van der Waals surface area contributed by atoms with E-state index in [2.05, 4.69) is 0 Å². The number of ether oxygens (including phenoxy) is 2. The molecule has 2 heterocycles. The van der Waals surface area contributed by atoms with Crippen LogP contribution in [0.15, 0.2) is 0 Å². The number of fused-ring (bicyclic) bond motifs is 1. The monoisotopic (exact) mass is 331 g/mol. The van der Waals surface area contributed by atoms with Gasteiger partial charge in [-0.2, -0.15) is 0 Å². The summed E-state index contributed by atoms with van der Waals surface area (Å²) in [6.07, 6.45) is 3.57. The average molecular weight is 331 g/mol. The van der Waals surface area contributed by atoms with Gasteiger partial charge in [0.05, 0.1) is 19.0 Å². The minimum absolute atomic E-state index is 0.0131. The van der Waals surface area contributed by atoms with E-state index in [1.54, 1.807) is 4.90 Å². The van der Waals surface area contributed by atoms with Gasteiger partial charge in [0.15, 0.2) is 0 Å². The maximum Gasteiger partial charge on any atom is 0.252 e.